The molecule has 136 valence electrons. The molecule has 2 N–H and O–H groups in total. The van der Waals surface area contributed by atoms with Crippen LogP contribution in [-0.4, -0.2) is 39.4 Å². The van der Waals surface area contributed by atoms with E-state index in [2.05, 4.69) is 4.98 Å². The van der Waals surface area contributed by atoms with Crippen molar-refractivity contribution in [3.8, 4) is 0 Å². The monoisotopic (exact) mass is 354 g/mol. The average Bonchev–Trinajstić information content (AvgIpc) is 2.67. The van der Waals surface area contributed by atoms with Gasteiger partial charge in [0.25, 0.3) is 11.5 Å². The highest BCUT2D eigenvalue weighted by molar-refractivity contribution is 5.97. The number of amides is 2. The van der Waals surface area contributed by atoms with Crippen LogP contribution in [0.15, 0.2) is 23.0 Å². The standard InChI is InChI=1S/C19H22N4O3/c20-17(24)12-6-9-22(10-7-12)18(25)13-4-5-14-15(11-13)21-16-3-1-2-8-23(16)19(14)26/h4-5,11-12H,1-3,6-10H2,(H2,20,24). The molecule has 7 heteroatoms. The van der Waals surface area contributed by atoms with E-state index in [9.17, 15) is 14.4 Å². The van der Waals surface area contributed by atoms with Gasteiger partial charge >= 0.3 is 0 Å². The molecule has 26 heavy (non-hydrogen) atoms. The minimum Gasteiger partial charge on any atom is -0.369 e. The zero-order chi connectivity index (χ0) is 18.3. The predicted octanol–water partition coefficient (Wildman–Crippen LogP) is 1.07. The van der Waals surface area contributed by atoms with Gasteiger partial charge in [-0.1, -0.05) is 0 Å². The number of hydrogen-bond donors (Lipinski definition) is 1. The number of aromatic nitrogens is 2. The van der Waals surface area contributed by atoms with Crippen molar-refractivity contribution < 1.29 is 9.59 Å². The van der Waals surface area contributed by atoms with E-state index in [0.29, 0.717) is 48.9 Å². The number of aryl methyl sites for hydroxylation is 1. The summed E-state index contributed by atoms with van der Waals surface area (Å²) in [5.41, 5.74) is 6.44. The van der Waals surface area contributed by atoms with Crippen molar-refractivity contribution in [2.75, 3.05) is 13.1 Å². The highest BCUT2D eigenvalue weighted by Crippen LogP contribution is 2.21. The molecule has 0 radical (unpaired) electrons. The van der Waals surface area contributed by atoms with Crippen molar-refractivity contribution in [1.82, 2.24) is 14.5 Å². The molecule has 7 nitrogen and oxygen atoms in total. The van der Waals surface area contributed by atoms with E-state index in [4.69, 9.17) is 5.73 Å². The van der Waals surface area contributed by atoms with Crippen molar-refractivity contribution >= 4 is 22.7 Å². The van der Waals surface area contributed by atoms with Gasteiger partial charge in [-0.15, -0.1) is 0 Å². The number of nitrogens with two attached hydrogens (primary N) is 1. The third-order valence-corrected chi connectivity index (χ3v) is 5.50. The van der Waals surface area contributed by atoms with Crippen molar-refractivity contribution in [2.24, 2.45) is 11.7 Å². The molecule has 2 aliphatic rings. The summed E-state index contributed by atoms with van der Waals surface area (Å²) in [5.74, 6) is 0.274. The number of nitrogens with zero attached hydrogens (tertiary/aromatic N) is 3. The molecule has 0 spiro atoms. The summed E-state index contributed by atoms with van der Waals surface area (Å²) >= 11 is 0. The van der Waals surface area contributed by atoms with Gasteiger partial charge in [0, 0.05) is 37.5 Å². The maximum absolute atomic E-state index is 12.8. The number of benzene rings is 1. The van der Waals surface area contributed by atoms with Crippen LogP contribution >= 0.6 is 0 Å². The van der Waals surface area contributed by atoms with Crippen LogP contribution in [0.5, 0.6) is 0 Å². The van der Waals surface area contributed by atoms with E-state index in [0.717, 1.165) is 25.1 Å². The van der Waals surface area contributed by atoms with E-state index in [-0.39, 0.29) is 23.3 Å². The Bertz CT molecular complexity index is 942. The zero-order valence-electron chi connectivity index (χ0n) is 14.6. The lowest BCUT2D eigenvalue weighted by Gasteiger charge is -2.30. The maximum Gasteiger partial charge on any atom is 0.261 e. The Labute approximate surface area is 150 Å². The summed E-state index contributed by atoms with van der Waals surface area (Å²) in [7, 11) is 0. The average molecular weight is 354 g/mol. The van der Waals surface area contributed by atoms with E-state index in [1.54, 1.807) is 27.7 Å². The number of carbonyl (C=O) groups is 2. The molecule has 0 saturated carbocycles. The Morgan fingerprint density at radius 3 is 2.62 bits per heavy atom. The Morgan fingerprint density at radius 2 is 1.88 bits per heavy atom. The predicted molar refractivity (Wildman–Crippen MR) is 96.8 cm³/mol. The van der Waals surface area contributed by atoms with Gasteiger partial charge in [0.15, 0.2) is 0 Å². The van der Waals surface area contributed by atoms with Gasteiger partial charge in [0.05, 0.1) is 10.9 Å². The third kappa shape index (κ3) is 2.87. The van der Waals surface area contributed by atoms with Crippen LogP contribution in [0.4, 0.5) is 0 Å². The molecule has 0 unspecified atom stereocenters. The minimum absolute atomic E-state index is 0.0222. The number of carbonyl (C=O) groups excluding carboxylic acids is 2. The van der Waals surface area contributed by atoms with Crippen molar-refractivity contribution in [1.29, 1.82) is 0 Å². The lowest BCUT2D eigenvalue weighted by molar-refractivity contribution is -0.123. The molecule has 1 aromatic carbocycles. The fourth-order valence-corrected chi connectivity index (χ4v) is 3.92. The first-order valence-electron chi connectivity index (χ1n) is 9.16. The van der Waals surface area contributed by atoms with E-state index in [1.807, 2.05) is 0 Å². The van der Waals surface area contributed by atoms with Crippen molar-refractivity contribution in [2.45, 2.75) is 38.6 Å². The molecule has 1 fully saturated rings. The fourth-order valence-electron chi connectivity index (χ4n) is 3.92. The largest absolute Gasteiger partial charge is 0.369 e. The molecule has 0 atom stereocenters. The summed E-state index contributed by atoms with van der Waals surface area (Å²) in [6, 6.07) is 5.12. The summed E-state index contributed by atoms with van der Waals surface area (Å²) in [4.78, 5) is 43.1. The second kappa shape index (κ2) is 6.55. The van der Waals surface area contributed by atoms with Gasteiger partial charge in [-0.25, -0.2) is 4.98 Å². The topological polar surface area (TPSA) is 98.3 Å². The fraction of sp³-hybridized carbons (Fsp3) is 0.474. The van der Waals surface area contributed by atoms with Crippen LogP contribution in [0.2, 0.25) is 0 Å². The molecule has 4 rings (SSSR count). The highest BCUT2D eigenvalue weighted by Gasteiger charge is 2.26. The van der Waals surface area contributed by atoms with E-state index >= 15 is 0 Å². The molecule has 0 bridgehead atoms. The zero-order valence-corrected chi connectivity index (χ0v) is 14.6. The number of likely N-dealkylation sites (tertiary alicyclic amines) is 1. The van der Waals surface area contributed by atoms with E-state index in [1.165, 1.54) is 0 Å². The Balaban J connectivity index is 1.62. The Kier molecular flexibility index (Phi) is 4.22. The highest BCUT2D eigenvalue weighted by atomic mass is 16.2. The number of fused-ring (bicyclic) bond motifs is 2. The number of piperidine rings is 1. The molecule has 3 heterocycles. The van der Waals surface area contributed by atoms with Crippen molar-refractivity contribution in [3.63, 3.8) is 0 Å². The van der Waals surface area contributed by atoms with Gasteiger partial charge in [-0.3, -0.25) is 19.0 Å². The van der Waals surface area contributed by atoms with Gasteiger partial charge in [-0.2, -0.15) is 0 Å². The molecule has 2 aromatic rings. The van der Waals surface area contributed by atoms with Gasteiger partial charge < -0.3 is 10.6 Å². The van der Waals surface area contributed by atoms with Gasteiger partial charge in [0.2, 0.25) is 5.91 Å². The second-order valence-corrected chi connectivity index (χ2v) is 7.14. The van der Waals surface area contributed by atoms with Crippen LogP contribution in [0.3, 0.4) is 0 Å². The first kappa shape index (κ1) is 16.8. The Hall–Kier alpha value is -2.70. The molecular weight excluding hydrogens is 332 g/mol. The van der Waals surface area contributed by atoms with Crippen LogP contribution in [0, 0.1) is 5.92 Å². The molecule has 2 aliphatic heterocycles. The van der Waals surface area contributed by atoms with Crippen LogP contribution in [-0.2, 0) is 17.8 Å². The summed E-state index contributed by atoms with van der Waals surface area (Å²) in [6.45, 7) is 1.75. The normalized spacial score (nSPS) is 17.9. The number of primary amides is 1. The van der Waals surface area contributed by atoms with Crippen molar-refractivity contribution in [3.05, 3.63) is 39.9 Å². The third-order valence-electron chi connectivity index (χ3n) is 5.50. The number of rotatable bonds is 2. The van der Waals surface area contributed by atoms with Crippen LogP contribution in [0.25, 0.3) is 10.9 Å². The molecule has 0 aliphatic carbocycles. The summed E-state index contributed by atoms with van der Waals surface area (Å²) < 4.78 is 1.75. The summed E-state index contributed by atoms with van der Waals surface area (Å²) in [5, 5.41) is 0.555. The summed E-state index contributed by atoms with van der Waals surface area (Å²) in [6.07, 6.45) is 4.02. The minimum atomic E-state index is -0.294. The maximum atomic E-state index is 12.8. The molecular formula is C19H22N4O3. The first-order chi connectivity index (χ1) is 12.5. The SMILES string of the molecule is NC(=O)C1CCN(C(=O)c2ccc3c(=O)n4c(nc3c2)CCCC4)CC1. The quantitative estimate of drug-likeness (QED) is 0.872. The molecule has 1 saturated heterocycles. The van der Waals surface area contributed by atoms with Gasteiger partial charge in [0.1, 0.15) is 5.82 Å². The second-order valence-electron chi connectivity index (χ2n) is 7.14. The molecule has 1 aromatic heterocycles. The number of hydrogen-bond acceptors (Lipinski definition) is 4. The van der Waals surface area contributed by atoms with Crippen LogP contribution in [0.1, 0.15) is 41.9 Å². The van der Waals surface area contributed by atoms with Gasteiger partial charge in [-0.05, 0) is 43.9 Å². The lowest BCUT2D eigenvalue weighted by Crippen LogP contribution is -2.41. The lowest BCUT2D eigenvalue weighted by atomic mass is 9.96. The van der Waals surface area contributed by atoms with Crippen LogP contribution < -0.4 is 11.3 Å². The molecule has 2 amide bonds. The Morgan fingerprint density at radius 1 is 1.12 bits per heavy atom. The first-order valence-corrected chi connectivity index (χ1v) is 9.16. The van der Waals surface area contributed by atoms with E-state index < -0.39 is 0 Å². The smallest absolute Gasteiger partial charge is 0.261 e.